The van der Waals surface area contributed by atoms with Crippen molar-refractivity contribution in [3.05, 3.63) is 34.9 Å². The maximum absolute atomic E-state index is 13.5. The summed E-state index contributed by atoms with van der Waals surface area (Å²) in [6.07, 6.45) is -28.8. The summed E-state index contributed by atoms with van der Waals surface area (Å²) in [5.41, 5.74) is -3.55. The molecule has 0 aromatic heterocycles. The number of allylic oxidation sites excluding steroid dienone is 4. The zero-order valence-corrected chi connectivity index (χ0v) is 54.8. The Bertz CT molecular complexity index is 2790. The zero-order valence-electron chi connectivity index (χ0n) is 54.8. The minimum atomic E-state index is -2.13. The number of hydrogen-bond donors (Lipinski definition) is 12. The Morgan fingerprint density at radius 1 is 0.587 bits per heavy atom. The van der Waals surface area contributed by atoms with E-state index in [1.54, 1.807) is 33.8 Å². The molecule has 12 N–H and O–H groups in total. The van der Waals surface area contributed by atoms with E-state index in [0.29, 0.717) is 32.1 Å². The SMILES string of the molecule is C/C=C(/C)C(=O)OC1[C@@H](OC(=O)/C(C)=C\C)C(C)O[C@@H](O[C@H]2[C@H](OC(C)=O)[C@@]3(CO)C(CC2(C)C)C2=CCC4[C@@]5(C)CC[C@H](O[C@@H]6OC(C(=O)O)[C@@H](O)[C@@H](O[C@@H]7O[C@@H](CO)[C@@H](O)C7O)C6O[C@@H]6OC(CO)[C@H](O)[C@@H](O)C6O)C(C)(C)C5CC[C@@]4(C)[C@]2(C)C[C@H]3O)[C@H]1O. The van der Waals surface area contributed by atoms with Gasteiger partial charge in [0.05, 0.1) is 43.5 Å². The summed E-state index contributed by atoms with van der Waals surface area (Å²) in [6.45, 7) is 21.5. The number of aliphatic hydroxyl groups is 11. The van der Waals surface area contributed by atoms with Gasteiger partial charge in [0.1, 0.15) is 79.4 Å². The van der Waals surface area contributed by atoms with E-state index in [1.165, 1.54) is 19.9 Å². The molecular formula is C65H100O27. The summed E-state index contributed by atoms with van der Waals surface area (Å²) in [5.74, 6) is -4.65. The van der Waals surface area contributed by atoms with Crippen LogP contribution < -0.4 is 0 Å². The molecule has 4 heterocycles. The van der Waals surface area contributed by atoms with Crippen LogP contribution in [0.2, 0.25) is 0 Å². The van der Waals surface area contributed by atoms with Crippen molar-refractivity contribution in [3.63, 3.8) is 0 Å². The van der Waals surface area contributed by atoms with E-state index in [-0.39, 0.29) is 35.8 Å². The number of fused-ring (bicyclic) bond motifs is 7. The van der Waals surface area contributed by atoms with Gasteiger partial charge in [-0.15, -0.1) is 0 Å². The number of carbonyl (C=O) groups excluding carboxylic acids is 3. The second-order valence-electron chi connectivity index (χ2n) is 29.3. The van der Waals surface area contributed by atoms with Crippen LogP contribution >= 0.6 is 0 Å². The van der Waals surface area contributed by atoms with Gasteiger partial charge in [-0.2, -0.15) is 0 Å². The molecule has 522 valence electrons. The maximum Gasteiger partial charge on any atom is 0.335 e. The van der Waals surface area contributed by atoms with Crippen molar-refractivity contribution in [2.45, 2.75) is 276 Å². The lowest BCUT2D eigenvalue weighted by molar-refractivity contribution is -0.386. The summed E-state index contributed by atoms with van der Waals surface area (Å²) in [5, 5.41) is 134. The number of aliphatic hydroxyl groups excluding tert-OH is 11. The third kappa shape index (κ3) is 12.2. The molecule has 30 atom stereocenters. The minimum Gasteiger partial charge on any atom is -0.479 e. The third-order valence-corrected chi connectivity index (χ3v) is 23.6. The largest absolute Gasteiger partial charge is 0.479 e. The van der Waals surface area contributed by atoms with Gasteiger partial charge in [-0.1, -0.05) is 72.3 Å². The van der Waals surface area contributed by atoms with Gasteiger partial charge in [-0.3, -0.25) is 4.79 Å². The highest BCUT2D eigenvalue weighted by atomic mass is 16.8. The fraction of sp³-hybridized carbons (Fsp3) is 0.846. The number of aliphatic carboxylic acids is 1. The van der Waals surface area contributed by atoms with Crippen LogP contribution in [0, 0.1) is 50.2 Å². The van der Waals surface area contributed by atoms with Crippen molar-refractivity contribution < 1.29 is 133 Å². The van der Waals surface area contributed by atoms with E-state index in [0.717, 1.165) is 5.57 Å². The molecule has 9 rings (SSSR count). The molecule has 27 heteroatoms. The third-order valence-electron chi connectivity index (χ3n) is 23.6. The lowest BCUT2D eigenvalue weighted by Gasteiger charge is -2.72. The molecule has 0 radical (unpaired) electrons. The van der Waals surface area contributed by atoms with Gasteiger partial charge in [-0.05, 0) is 124 Å². The summed E-state index contributed by atoms with van der Waals surface area (Å²) in [6, 6.07) is 0. The predicted molar refractivity (Wildman–Crippen MR) is 316 cm³/mol. The first kappa shape index (κ1) is 72.6. The Hall–Kier alpha value is -3.66. The Labute approximate surface area is 535 Å². The normalized spacial score (nSPS) is 48.4. The molecule has 4 saturated carbocycles. The summed E-state index contributed by atoms with van der Waals surface area (Å²) < 4.78 is 67.8. The van der Waals surface area contributed by atoms with Crippen LogP contribution in [0.3, 0.4) is 0 Å². The second-order valence-corrected chi connectivity index (χ2v) is 29.3. The summed E-state index contributed by atoms with van der Waals surface area (Å²) in [7, 11) is 0. The molecule has 92 heavy (non-hydrogen) atoms. The van der Waals surface area contributed by atoms with E-state index in [4.69, 9.17) is 52.1 Å². The Morgan fingerprint density at radius 2 is 1.14 bits per heavy atom. The molecule has 0 spiro atoms. The fourth-order valence-electron chi connectivity index (χ4n) is 17.9. The number of carbonyl (C=O) groups is 4. The van der Waals surface area contributed by atoms with E-state index in [2.05, 4.69) is 26.8 Å². The highest BCUT2D eigenvalue weighted by Gasteiger charge is 2.74. The van der Waals surface area contributed by atoms with Crippen molar-refractivity contribution in [3.8, 4) is 0 Å². The molecule has 5 aliphatic carbocycles. The van der Waals surface area contributed by atoms with Crippen LogP contribution in [0.15, 0.2) is 34.9 Å². The van der Waals surface area contributed by atoms with E-state index in [1.807, 2.05) is 27.7 Å². The van der Waals surface area contributed by atoms with Gasteiger partial charge in [-0.25, -0.2) is 14.4 Å². The quantitative estimate of drug-likeness (QED) is 0.0314. The van der Waals surface area contributed by atoms with Crippen LogP contribution in [0.4, 0.5) is 0 Å². The maximum atomic E-state index is 13.5. The molecular weight excluding hydrogens is 1210 g/mol. The molecule has 4 aliphatic heterocycles. The van der Waals surface area contributed by atoms with Gasteiger partial charge >= 0.3 is 23.9 Å². The highest BCUT2D eigenvalue weighted by molar-refractivity contribution is 5.88. The molecule has 0 aromatic carbocycles. The number of carboxylic acids is 1. The van der Waals surface area contributed by atoms with Gasteiger partial charge < -0.3 is 113 Å². The molecule has 4 saturated heterocycles. The number of ether oxygens (including phenoxy) is 11. The lowest BCUT2D eigenvalue weighted by atomic mass is 9.33. The van der Waals surface area contributed by atoms with E-state index >= 15 is 0 Å². The molecule has 10 unspecified atom stereocenters. The van der Waals surface area contributed by atoms with Crippen LogP contribution in [-0.2, 0) is 71.3 Å². The minimum absolute atomic E-state index is 0.0439. The van der Waals surface area contributed by atoms with Crippen LogP contribution in [0.25, 0.3) is 0 Å². The number of esters is 3. The number of carboxylic acid groups (broad SMARTS) is 1. The van der Waals surface area contributed by atoms with E-state index in [9.17, 15) is 80.5 Å². The van der Waals surface area contributed by atoms with Gasteiger partial charge in [0.15, 0.2) is 43.5 Å². The van der Waals surface area contributed by atoms with Crippen LogP contribution in [-0.4, -0.2) is 246 Å². The number of hydrogen-bond acceptors (Lipinski definition) is 26. The first-order valence-corrected chi connectivity index (χ1v) is 32.3. The van der Waals surface area contributed by atoms with Crippen molar-refractivity contribution in [1.29, 1.82) is 0 Å². The van der Waals surface area contributed by atoms with Gasteiger partial charge in [0.25, 0.3) is 0 Å². The first-order chi connectivity index (χ1) is 43.0. The molecule has 9 aliphatic rings. The Morgan fingerprint density at radius 3 is 1.70 bits per heavy atom. The van der Waals surface area contributed by atoms with Gasteiger partial charge in [0.2, 0.25) is 0 Å². The summed E-state index contributed by atoms with van der Waals surface area (Å²) in [4.78, 5) is 53.0. The van der Waals surface area contributed by atoms with Crippen LogP contribution in [0.1, 0.15) is 135 Å². The van der Waals surface area contributed by atoms with Gasteiger partial charge in [0, 0.05) is 18.1 Å². The standard InChI is InChI=1S/C65H100O27/c1-14-27(3)54(80)87-46-29(5)82-58(45(77)48(46)88-55(81)28(4)15-2)92-51-52(83-30(6)69)65(26-68)32(22-60(51,7)8)31-16-17-36-62(11)20-19-38(61(9,10)35(62)18-21-63(36,12)64(31,13)23-37(65)70)86-59-50(91-57-43(75)41(73)39(71)33(24-66)84-57)47(44(76)49(90-59)53(78)79)89-56-42(74)40(72)34(25-67)85-56/h14-16,29,32-52,56-59,66-68,70-77H,17-26H2,1-13H3,(H,78,79)/b27-14-,28-15-/t29?,32?,33?,34-,35?,36?,37+,38-,39-,40+,41+,42?,43?,44-,45-,46-,47+,48?,49?,50?,51-,52-,56-,57-,58-,59+,62-,63+,64+,65-/m0/s1. The average Bonchev–Trinajstić information content (AvgIpc) is 0.719. The fourth-order valence-corrected chi connectivity index (χ4v) is 17.9. The van der Waals surface area contributed by atoms with E-state index < -0.39 is 223 Å². The zero-order chi connectivity index (χ0) is 68.0. The van der Waals surface area contributed by atoms with Crippen molar-refractivity contribution >= 4 is 23.9 Å². The molecule has 0 amide bonds. The molecule has 0 aromatic rings. The topological polar surface area (TPSA) is 413 Å². The highest BCUT2D eigenvalue weighted by Crippen LogP contribution is 2.76. The Kier molecular flexibility index (Phi) is 21.3. The van der Waals surface area contributed by atoms with Crippen molar-refractivity contribution in [1.82, 2.24) is 0 Å². The molecule has 8 fully saturated rings. The van der Waals surface area contributed by atoms with Crippen LogP contribution in [0.5, 0.6) is 0 Å². The smallest absolute Gasteiger partial charge is 0.335 e. The monoisotopic (exact) mass is 1310 g/mol. The molecule has 0 bridgehead atoms. The molecule has 27 nitrogen and oxygen atoms in total. The average molecular weight is 1310 g/mol. The summed E-state index contributed by atoms with van der Waals surface area (Å²) >= 11 is 0. The second kappa shape index (κ2) is 27.0. The lowest BCUT2D eigenvalue weighted by Crippen LogP contribution is -2.73. The Balaban J connectivity index is 1.01. The van der Waals surface area contributed by atoms with Crippen molar-refractivity contribution in [2.75, 3.05) is 19.8 Å². The number of rotatable bonds is 17. The predicted octanol–water partition coefficient (Wildman–Crippen LogP) is 0.715. The van der Waals surface area contributed by atoms with Crippen molar-refractivity contribution in [2.24, 2.45) is 50.2 Å². The first-order valence-electron chi connectivity index (χ1n) is 32.3.